The minimum atomic E-state index is 0. The highest BCUT2D eigenvalue weighted by molar-refractivity contribution is 5.85. The molecule has 4 atom stereocenters. The summed E-state index contributed by atoms with van der Waals surface area (Å²) in [5.41, 5.74) is 6.35. The number of rotatable bonds is 1. The Kier molecular flexibility index (Phi) is 3.20. The standard InChI is InChI=1S/C13H22N2O.ClH/c1-13(2)5-10(13)12(16)15-6-8-3-4-11(14)9(8)7-15;/h8-11H,3-7,14H2,1-2H3;1H/t8?,9?,10-,11?;/m1./s1. The van der Waals surface area contributed by atoms with Crippen molar-refractivity contribution in [2.45, 2.75) is 39.2 Å². The van der Waals surface area contributed by atoms with Crippen LogP contribution in [0.5, 0.6) is 0 Å². The molecule has 17 heavy (non-hydrogen) atoms. The van der Waals surface area contributed by atoms with E-state index in [4.69, 9.17) is 5.73 Å². The Morgan fingerprint density at radius 1 is 1.29 bits per heavy atom. The van der Waals surface area contributed by atoms with Crippen LogP contribution in [-0.2, 0) is 4.79 Å². The molecule has 0 spiro atoms. The van der Waals surface area contributed by atoms with Gasteiger partial charge in [0.1, 0.15) is 0 Å². The molecule has 0 radical (unpaired) electrons. The summed E-state index contributed by atoms with van der Waals surface area (Å²) in [6.07, 6.45) is 3.46. The van der Waals surface area contributed by atoms with Gasteiger partial charge in [0.15, 0.2) is 0 Å². The number of carbonyl (C=O) groups is 1. The summed E-state index contributed by atoms with van der Waals surface area (Å²) >= 11 is 0. The van der Waals surface area contributed by atoms with E-state index in [1.807, 2.05) is 0 Å². The van der Waals surface area contributed by atoms with Gasteiger partial charge in [0.05, 0.1) is 0 Å². The number of carbonyl (C=O) groups excluding carboxylic acids is 1. The molecule has 2 N–H and O–H groups in total. The van der Waals surface area contributed by atoms with E-state index < -0.39 is 0 Å². The van der Waals surface area contributed by atoms with Crippen molar-refractivity contribution in [1.82, 2.24) is 4.90 Å². The molecule has 3 rings (SSSR count). The monoisotopic (exact) mass is 258 g/mol. The lowest BCUT2D eigenvalue weighted by Gasteiger charge is -2.19. The van der Waals surface area contributed by atoms with Gasteiger partial charge in [-0.1, -0.05) is 13.8 Å². The number of hydrogen-bond donors (Lipinski definition) is 1. The van der Waals surface area contributed by atoms with Crippen LogP contribution in [0.25, 0.3) is 0 Å². The second-order valence-corrected chi connectivity index (χ2v) is 6.65. The second-order valence-electron chi connectivity index (χ2n) is 6.65. The third kappa shape index (κ3) is 2.08. The van der Waals surface area contributed by atoms with Crippen LogP contribution in [0.4, 0.5) is 0 Å². The van der Waals surface area contributed by atoms with Crippen molar-refractivity contribution in [3.63, 3.8) is 0 Å². The summed E-state index contributed by atoms with van der Waals surface area (Å²) in [7, 11) is 0. The smallest absolute Gasteiger partial charge is 0.226 e. The minimum Gasteiger partial charge on any atom is -0.342 e. The normalized spacial score (nSPS) is 41.9. The van der Waals surface area contributed by atoms with E-state index >= 15 is 0 Å². The van der Waals surface area contributed by atoms with E-state index in [9.17, 15) is 4.79 Å². The van der Waals surface area contributed by atoms with E-state index in [0.29, 0.717) is 29.7 Å². The lowest BCUT2D eigenvalue weighted by molar-refractivity contribution is -0.132. The van der Waals surface area contributed by atoms with Crippen molar-refractivity contribution in [3.05, 3.63) is 0 Å². The summed E-state index contributed by atoms with van der Waals surface area (Å²) in [4.78, 5) is 14.3. The molecule has 3 nitrogen and oxygen atoms in total. The predicted octanol–water partition coefficient (Wildman–Crippen LogP) is 1.65. The third-order valence-electron chi connectivity index (χ3n) is 5.04. The molecule has 2 saturated carbocycles. The van der Waals surface area contributed by atoms with Gasteiger partial charge in [-0.15, -0.1) is 12.4 Å². The minimum absolute atomic E-state index is 0. The van der Waals surface area contributed by atoms with Gasteiger partial charge < -0.3 is 10.6 Å². The largest absolute Gasteiger partial charge is 0.342 e. The molecule has 3 aliphatic rings. The van der Waals surface area contributed by atoms with Crippen LogP contribution in [-0.4, -0.2) is 29.9 Å². The van der Waals surface area contributed by atoms with Gasteiger partial charge >= 0.3 is 0 Å². The number of halogens is 1. The zero-order valence-corrected chi connectivity index (χ0v) is 11.5. The van der Waals surface area contributed by atoms with Crippen LogP contribution in [0.2, 0.25) is 0 Å². The predicted molar refractivity (Wildman–Crippen MR) is 69.9 cm³/mol. The molecule has 1 saturated heterocycles. The van der Waals surface area contributed by atoms with E-state index in [-0.39, 0.29) is 17.8 Å². The molecule has 3 unspecified atom stereocenters. The number of likely N-dealkylation sites (tertiary alicyclic amines) is 1. The Labute approximate surface area is 110 Å². The lowest BCUT2D eigenvalue weighted by Crippen LogP contribution is -2.35. The zero-order chi connectivity index (χ0) is 11.5. The summed E-state index contributed by atoms with van der Waals surface area (Å²) in [6.45, 7) is 6.29. The number of amides is 1. The second kappa shape index (κ2) is 4.13. The zero-order valence-electron chi connectivity index (χ0n) is 10.7. The number of nitrogens with zero attached hydrogens (tertiary/aromatic N) is 1. The first kappa shape index (κ1) is 13.2. The Morgan fingerprint density at radius 2 is 1.94 bits per heavy atom. The first-order valence-corrected chi connectivity index (χ1v) is 6.53. The molecular weight excluding hydrogens is 236 g/mol. The van der Waals surface area contributed by atoms with Gasteiger partial charge in [-0.3, -0.25) is 4.79 Å². The maximum atomic E-state index is 12.2. The van der Waals surface area contributed by atoms with Gasteiger partial charge in [-0.05, 0) is 36.5 Å². The van der Waals surface area contributed by atoms with Crippen LogP contribution in [0.15, 0.2) is 0 Å². The van der Waals surface area contributed by atoms with Gasteiger partial charge in [-0.25, -0.2) is 0 Å². The van der Waals surface area contributed by atoms with Crippen molar-refractivity contribution in [1.29, 1.82) is 0 Å². The Balaban J connectivity index is 0.00000108. The van der Waals surface area contributed by atoms with E-state index in [0.717, 1.165) is 25.9 Å². The molecule has 1 heterocycles. The van der Waals surface area contributed by atoms with E-state index in [2.05, 4.69) is 18.7 Å². The van der Waals surface area contributed by atoms with Crippen LogP contribution in [0, 0.1) is 23.2 Å². The lowest BCUT2D eigenvalue weighted by atomic mass is 9.98. The maximum Gasteiger partial charge on any atom is 0.226 e. The first-order chi connectivity index (χ1) is 7.49. The highest BCUT2D eigenvalue weighted by Crippen LogP contribution is 2.53. The average molecular weight is 259 g/mol. The van der Waals surface area contributed by atoms with Crippen molar-refractivity contribution in [2.24, 2.45) is 28.9 Å². The summed E-state index contributed by atoms with van der Waals surface area (Å²) in [6, 6.07) is 0.343. The van der Waals surface area contributed by atoms with Gasteiger partial charge in [-0.2, -0.15) is 0 Å². The van der Waals surface area contributed by atoms with Crippen LogP contribution >= 0.6 is 12.4 Å². The Bertz CT molecular complexity index is 331. The molecule has 0 bridgehead atoms. The number of nitrogens with two attached hydrogens (primary N) is 1. The highest BCUT2D eigenvalue weighted by Gasteiger charge is 2.54. The molecule has 3 fully saturated rings. The fourth-order valence-electron chi connectivity index (χ4n) is 3.60. The van der Waals surface area contributed by atoms with Crippen LogP contribution in [0.3, 0.4) is 0 Å². The Morgan fingerprint density at radius 3 is 2.47 bits per heavy atom. The molecule has 0 aromatic rings. The molecule has 1 amide bonds. The third-order valence-corrected chi connectivity index (χ3v) is 5.04. The van der Waals surface area contributed by atoms with Crippen molar-refractivity contribution in [3.8, 4) is 0 Å². The maximum absolute atomic E-state index is 12.2. The van der Waals surface area contributed by atoms with Crippen LogP contribution in [0.1, 0.15) is 33.1 Å². The van der Waals surface area contributed by atoms with Crippen molar-refractivity contribution in [2.75, 3.05) is 13.1 Å². The first-order valence-electron chi connectivity index (χ1n) is 6.53. The number of fused-ring (bicyclic) bond motifs is 1. The quantitative estimate of drug-likeness (QED) is 0.778. The van der Waals surface area contributed by atoms with Crippen molar-refractivity contribution >= 4 is 18.3 Å². The molecule has 0 aromatic heterocycles. The molecule has 1 aliphatic heterocycles. The van der Waals surface area contributed by atoms with Gasteiger partial charge in [0.2, 0.25) is 5.91 Å². The summed E-state index contributed by atoms with van der Waals surface area (Å²) in [5, 5.41) is 0. The number of hydrogen-bond acceptors (Lipinski definition) is 2. The SMILES string of the molecule is CC1(C)C[C@@H]1C(=O)N1CC2CCC(N)C2C1.Cl. The van der Waals surface area contributed by atoms with E-state index in [1.54, 1.807) is 0 Å². The van der Waals surface area contributed by atoms with Crippen LogP contribution < -0.4 is 5.73 Å². The topological polar surface area (TPSA) is 46.3 Å². The van der Waals surface area contributed by atoms with Crippen molar-refractivity contribution < 1.29 is 4.79 Å². The summed E-state index contributed by atoms with van der Waals surface area (Å²) in [5.74, 6) is 1.97. The Hall–Kier alpha value is -0.280. The fraction of sp³-hybridized carbons (Fsp3) is 0.923. The molecule has 0 aromatic carbocycles. The average Bonchev–Trinajstić information content (AvgIpc) is 2.63. The summed E-state index contributed by atoms with van der Waals surface area (Å²) < 4.78 is 0. The van der Waals surface area contributed by atoms with Gasteiger partial charge in [0.25, 0.3) is 0 Å². The van der Waals surface area contributed by atoms with E-state index in [1.165, 1.54) is 6.42 Å². The van der Waals surface area contributed by atoms with Gasteiger partial charge in [0, 0.05) is 25.0 Å². The highest BCUT2D eigenvalue weighted by atomic mass is 35.5. The molecule has 2 aliphatic carbocycles. The molecule has 98 valence electrons. The fourth-order valence-corrected chi connectivity index (χ4v) is 3.60. The molecule has 4 heteroatoms. The molecular formula is C13H23ClN2O.